The highest BCUT2D eigenvalue weighted by Gasteiger charge is 2.32. The molecule has 0 aliphatic carbocycles. The van der Waals surface area contributed by atoms with Gasteiger partial charge in [0.2, 0.25) is 0 Å². The standard InChI is InChI=1S/C10H7F3N2S2/c11-10(12,13)5-3-6-8-7(4-5)17-9(14)15(8)1-2-16-6/h3-4,14H,1-2H2. The SMILES string of the molecule is N=c1sc2cc(C(F)(F)F)cc3c2n1CCS3. The number of hydrogen-bond acceptors (Lipinski definition) is 3. The summed E-state index contributed by atoms with van der Waals surface area (Å²) >= 11 is 2.53. The van der Waals surface area contributed by atoms with E-state index in [0.717, 1.165) is 28.7 Å². The van der Waals surface area contributed by atoms with Crippen LogP contribution in [0.1, 0.15) is 5.56 Å². The fourth-order valence-electron chi connectivity index (χ4n) is 1.92. The van der Waals surface area contributed by atoms with Crippen molar-refractivity contribution < 1.29 is 13.2 Å². The van der Waals surface area contributed by atoms with Crippen molar-refractivity contribution in [3.8, 4) is 0 Å². The Kier molecular flexibility index (Phi) is 2.31. The van der Waals surface area contributed by atoms with Gasteiger partial charge in [0.25, 0.3) is 0 Å². The van der Waals surface area contributed by atoms with Gasteiger partial charge in [0.1, 0.15) is 0 Å². The van der Waals surface area contributed by atoms with Crippen molar-refractivity contribution in [1.29, 1.82) is 5.41 Å². The third-order valence-electron chi connectivity index (χ3n) is 2.66. The highest BCUT2D eigenvalue weighted by molar-refractivity contribution is 7.99. The van der Waals surface area contributed by atoms with E-state index in [0.29, 0.717) is 20.9 Å². The lowest BCUT2D eigenvalue weighted by Gasteiger charge is -2.16. The van der Waals surface area contributed by atoms with Gasteiger partial charge in [-0.05, 0) is 12.1 Å². The van der Waals surface area contributed by atoms with E-state index in [2.05, 4.69) is 0 Å². The Morgan fingerprint density at radius 2 is 2.06 bits per heavy atom. The summed E-state index contributed by atoms with van der Waals surface area (Å²) in [5.41, 5.74) is 0.159. The van der Waals surface area contributed by atoms with Gasteiger partial charge in [-0.3, -0.25) is 5.41 Å². The van der Waals surface area contributed by atoms with Crippen LogP contribution in [0.2, 0.25) is 0 Å². The van der Waals surface area contributed by atoms with E-state index in [1.165, 1.54) is 17.8 Å². The molecule has 2 nitrogen and oxygen atoms in total. The molecule has 0 saturated carbocycles. The zero-order chi connectivity index (χ0) is 12.2. The molecule has 0 amide bonds. The third kappa shape index (κ3) is 1.68. The molecule has 0 spiro atoms. The summed E-state index contributed by atoms with van der Waals surface area (Å²) in [6.07, 6.45) is -4.32. The predicted octanol–water partition coefficient (Wildman–Crippen LogP) is 3.31. The lowest BCUT2D eigenvalue weighted by atomic mass is 10.2. The Morgan fingerprint density at radius 3 is 2.76 bits per heavy atom. The quantitative estimate of drug-likeness (QED) is 0.785. The van der Waals surface area contributed by atoms with E-state index in [1.807, 2.05) is 0 Å². The van der Waals surface area contributed by atoms with E-state index in [9.17, 15) is 13.2 Å². The van der Waals surface area contributed by atoms with Gasteiger partial charge in [-0.25, -0.2) is 0 Å². The average molecular weight is 276 g/mol. The summed E-state index contributed by atoms with van der Waals surface area (Å²) < 4.78 is 40.4. The molecule has 0 atom stereocenters. The van der Waals surface area contributed by atoms with Gasteiger partial charge in [0.15, 0.2) is 4.80 Å². The van der Waals surface area contributed by atoms with Crippen LogP contribution < -0.4 is 4.80 Å². The molecule has 0 unspecified atom stereocenters. The molecular formula is C10H7F3N2S2. The fraction of sp³-hybridized carbons (Fsp3) is 0.300. The number of rotatable bonds is 0. The van der Waals surface area contributed by atoms with Gasteiger partial charge >= 0.3 is 6.18 Å². The molecule has 3 rings (SSSR count). The Morgan fingerprint density at radius 1 is 1.29 bits per heavy atom. The molecule has 17 heavy (non-hydrogen) atoms. The van der Waals surface area contributed by atoms with E-state index in [1.54, 1.807) is 4.57 Å². The molecule has 1 aromatic heterocycles. The van der Waals surface area contributed by atoms with Crippen molar-refractivity contribution in [2.45, 2.75) is 17.6 Å². The summed E-state index contributed by atoms with van der Waals surface area (Å²) in [6.45, 7) is 0.696. The molecule has 0 radical (unpaired) electrons. The van der Waals surface area contributed by atoms with Crippen LogP contribution in [0, 0.1) is 5.41 Å². The second kappa shape index (κ2) is 3.52. The summed E-state index contributed by atoms with van der Waals surface area (Å²) in [5.74, 6) is 0.719. The van der Waals surface area contributed by atoms with E-state index in [-0.39, 0.29) is 0 Å². The number of aromatic nitrogens is 1. The van der Waals surface area contributed by atoms with Gasteiger partial charge in [-0.1, -0.05) is 11.3 Å². The number of thiazole rings is 1. The van der Waals surface area contributed by atoms with Crippen molar-refractivity contribution in [3.05, 3.63) is 22.5 Å². The van der Waals surface area contributed by atoms with E-state index in [4.69, 9.17) is 5.41 Å². The number of nitrogens with one attached hydrogen (secondary N) is 1. The summed E-state index contributed by atoms with van der Waals surface area (Å²) in [5, 5.41) is 7.75. The number of alkyl halides is 3. The minimum atomic E-state index is -4.32. The number of hydrogen-bond donors (Lipinski definition) is 1. The second-order valence-corrected chi connectivity index (χ2v) is 5.89. The molecule has 2 aromatic rings. The van der Waals surface area contributed by atoms with Crippen molar-refractivity contribution in [3.63, 3.8) is 0 Å². The largest absolute Gasteiger partial charge is 0.416 e. The van der Waals surface area contributed by atoms with Gasteiger partial charge in [-0.2, -0.15) is 13.2 Å². The topological polar surface area (TPSA) is 28.8 Å². The van der Waals surface area contributed by atoms with E-state index < -0.39 is 11.7 Å². The van der Waals surface area contributed by atoms with Crippen molar-refractivity contribution in [2.24, 2.45) is 0 Å². The van der Waals surface area contributed by atoms with E-state index >= 15 is 0 Å². The maximum Gasteiger partial charge on any atom is 0.416 e. The van der Waals surface area contributed by atoms with Crippen LogP contribution in [-0.4, -0.2) is 10.3 Å². The third-order valence-corrected chi connectivity index (χ3v) is 4.62. The van der Waals surface area contributed by atoms with Gasteiger partial charge in [0, 0.05) is 17.2 Å². The molecule has 0 fully saturated rings. The highest BCUT2D eigenvalue weighted by atomic mass is 32.2. The normalized spacial score (nSPS) is 15.5. The minimum absolute atomic E-state index is 0.320. The van der Waals surface area contributed by atoms with Crippen molar-refractivity contribution in [1.82, 2.24) is 4.57 Å². The fourth-order valence-corrected chi connectivity index (χ4v) is 4.05. The van der Waals surface area contributed by atoms with Crippen LogP contribution in [0.25, 0.3) is 10.2 Å². The van der Waals surface area contributed by atoms with Gasteiger partial charge in [0.05, 0.1) is 15.8 Å². The zero-order valence-corrected chi connectivity index (χ0v) is 10.1. The highest BCUT2D eigenvalue weighted by Crippen LogP contribution is 2.39. The molecule has 0 saturated heterocycles. The Hall–Kier alpha value is -0.950. The van der Waals surface area contributed by atoms with Gasteiger partial charge < -0.3 is 4.57 Å². The first kappa shape index (κ1) is 11.2. The molecule has 1 aliphatic heterocycles. The van der Waals surface area contributed by atoms with Crippen LogP contribution in [0.15, 0.2) is 17.0 Å². The summed E-state index contributed by atoms with van der Waals surface area (Å²) in [6, 6.07) is 2.33. The number of thioether (sulfide) groups is 1. The van der Waals surface area contributed by atoms with Gasteiger partial charge in [-0.15, -0.1) is 11.8 Å². The maximum atomic E-state index is 12.7. The average Bonchev–Trinajstić information content (AvgIpc) is 2.56. The number of halogens is 3. The lowest BCUT2D eigenvalue weighted by molar-refractivity contribution is -0.137. The Bertz CT molecular complexity index is 654. The van der Waals surface area contributed by atoms with Crippen LogP contribution >= 0.6 is 23.1 Å². The Balaban J connectivity index is 2.38. The number of benzene rings is 1. The first-order valence-electron chi connectivity index (χ1n) is 4.89. The molecule has 1 N–H and O–H groups in total. The summed E-state index contributed by atoms with van der Waals surface area (Å²) in [4.78, 5) is 0.955. The molecule has 0 bridgehead atoms. The van der Waals surface area contributed by atoms with Crippen LogP contribution in [0.3, 0.4) is 0 Å². The monoisotopic (exact) mass is 276 g/mol. The minimum Gasteiger partial charge on any atom is -0.315 e. The molecule has 1 aliphatic rings. The van der Waals surface area contributed by atoms with Crippen LogP contribution in [0.5, 0.6) is 0 Å². The van der Waals surface area contributed by atoms with Crippen LogP contribution in [-0.2, 0) is 12.7 Å². The second-order valence-electron chi connectivity index (χ2n) is 3.73. The Labute approximate surface area is 103 Å². The molecule has 90 valence electrons. The van der Waals surface area contributed by atoms with Crippen molar-refractivity contribution in [2.75, 3.05) is 5.75 Å². The molecule has 2 heterocycles. The first-order chi connectivity index (χ1) is 7.97. The summed E-state index contributed by atoms with van der Waals surface area (Å²) in [7, 11) is 0. The predicted molar refractivity (Wildman–Crippen MR) is 61.4 cm³/mol. The lowest BCUT2D eigenvalue weighted by Crippen LogP contribution is -2.17. The zero-order valence-electron chi connectivity index (χ0n) is 8.47. The molecular weight excluding hydrogens is 269 g/mol. The first-order valence-corrected chi connectivity index (χ1v) is 6.69. The smallest absolute Gasteiger partial charge is 0.315 e. The van der Waals surface area contributed by atoms with Crippen molar-refractivity contribution >= 4 is 33.3 Å². The van der Waals surface area contributed by atoms with Crippen LogP contribution in [0.4, 0.5) is 13.2 Å². The number of nitrogens with zero attached hydrogens (tertiary/aromatic N) is 1. The molecule has 1 aromatic carbocycles. The number of aryl methyl sites for hydroxylation is 1. The maximum absolute atomic E-state index is 12.7. The molecule has 7 heteroatoms.